The lowest BCUT2D eigenvalue weighted by molar-refractivity contribution is -0.234. The summed E-state index contributed by atoms with van der Waals surface area (Å²) in [7, 11) is 0. The van der Waals surface area contributed by atoms with E-state index in [1.165, 1.54) is 37.3 Å². The summed E-state index contributed by atoms with van der Waals surface area (Å²) >= 11 is 0. The highest BCUT2D eigenvalue weighted by molar-refractivity contribution is 6.01. The lowest BCUT2D eigenvalue weighted by atomic mass is 9.44. The Balaban J connectivity index is 1.45. The van der Waals surface area contributed by atoms with Gasteiger partial charge in [0.2, 0.25) is 0 Å². The number of fused-ring (bicyclic) bond motifs is 7. The van der Waals surface area contributed by atoms with Crippen LogP contribution in [0.5, 0.6) is 0 Å². The van der Waals surface area contributed by atoms with Crippen LogP contribution in [0.1, 0.15) is 45.0 Å². The molecular formula is C28H30F3NO5. The second-order valence-corrected chi connectivity index (χ2v) is 11.6. The fourth-order valence-corrected chi connectivity index (χ4v) is 8.40. The van der Waals surface area contributed by atoms with Crippen LogP contribution in [0.25, 0.3) is 0 Å². The first kappa shape index (κ1) is 25.0. The molecule has 6 nitrogen and oxygen atoms in total. The van der Waals surface area contributed by atoms with Crippen LogP contribution in [0.15, 0.2) is 48.1 Å². The molecule has 198 valence electrons. The van der Waals surface area contributed by atoms with Crippen molar-refractivity contribution in [2.75, 3.05) is 6.54 Å². The number of ether oxygens (including phenoxy) is 2. The Morgan fingerprint density at radius 1 is 1.24 bits per heavy atom. The average Bonchev–Trinajstić information content (AvgIpc) is 3.35. The Morgan fingerprint density at radius 3 is 2.70 bits per heavy atom. The zero-order chi connectivity index (χ0) is 26.5. The fourth-order valence-electron chi connectivity index (χ4n) is 8.40. The van der Waals surface area contributed by atoms with Gasteiger partial charge in [0.15, 0.2) is 29.1 Å². The molecule has 1 aliphatic heterocycles. The number of carbonyl (C=O) groups excluding carboxylic acids is 2. The predicted molar refractivity (Wildman–Crippen MR) is 126 cm³/mol. The van der Waals surface area contributed by atoms with Gasteiger partial charge in [0.05, 0.1) is 18.8 Å². The Labute approximate surface area is 212 Å². The van der Waals surface area contributed by atoms with Crippen LogP contribution < -0.4 is 5.73 Å². The number of halogens is 3. The van der Waals surface area contributed by atoms with E-state index in [0.717, 1.165) is 6.08 Å². The highest BCUT2D eigenvalue weighted by Gasteiger charge is 2.79. The van der Waals surface area contributed by atoms with Gasteiger partial charge in [-0.15, -0.1) is 0 Å². The number of alkyl halides is 2. The van der Waals surface area contributed by atoms with Gasteiger partial charge in [0, 0.05) is 22.3 Å². The smallest absolute Gasteiger partial charge is 0.185 e. The number of benzene rings is 1. The van der Waals surface area contributed by atoms with E-state index in [2.05, 4.69) is 0 Å². The van der Waals surface area contributed by atoms with E-state index >= 15 is 8.78 Å². The second kappa shape index (κ2) is 7.85. The summed E-state index contributed by atoms with van der Waals surface area (Å²) in [5.41, 5.74) is -0.311. The quantitative estimate of drug-likeness (QED) is 0.638. The van der Waals surface area contributed by atoms with E-state index in [0.29, 0.717) is 5.56 Å². The highest BCUT2D eigenvalue weighted by atomic mass is 19.1. The minimum atomic E-state index is -2.28. The van der Waals surface area contributed by atoms with E-state index in [-0.39, 0.29) is 31.4 Å². The maximum atomic E-state index is 17.4. The van der Waals surface area contributed by atoms with Crippen molar-refractivity contribution in [1.29, 1.82) is 0 Å². The van der Waals surface area contributed by atoms with E-state index in [9.17, 15) is 19.1 Å². The molecule has 1 aromatic rings. The van der Waals surface area contributed by atoms with Crippen LogP contribution in [0.3, 0.4) is 0 Å². The third-order valence-electron chi connectivity index (χ3n) is 10.1. The summed E-state index contributed by atoms with van der Waals surface area (Å²) in [5, 5.41) is 11.5. The maximum absolute atomic E-state index is 17.4. The van der Waals surface area contributed by atoms with Crippen LogP contribution >= 0.6 is 0 Å². The number of Topliss-reactive ketones (excluding diaryl/α,β-unsaturated/α-hetero) is 1. The molecule has 5 aliphatic rings. The van der Waals surface area contributed by atoms with Crippen molar-refractivity contribution in [2.24, 2.45) is 28.4 Å². The molecule has 37 heavy (non-hydrogen) atoms. The first-order valence-electron chi connectivity index (χ1n) is 12.7. The number of aliphatic hydroxyl groups excluding tert-OH is 1. The van der Waals surface area contributed by atoms with Gasteiger partial charge in [0.25, 0.3) is 0 Å². The monoisotopic (exact) mass is 517 g/mol. The number of nitrogens with two attached hydrogens (primary N) is 1. The molecule has 9 heteroatoms. The Hall–Kier alpha value is -2.33. The minimum Gasteiger partial charge on any atom is -0.390 e. The summed E-state index contributed by atoms with van der Waals surface area (Å²) in [6.45, 7) is 2.91. The molecule has 0 bridgehead atoms. The predicted octanol–water partition coefficient (Wildman–Crippen LogP) is 3.44. The number of allylic oxidation sites excluding steroid dienone is 4. The molecule has 0 amide bonds. The second-order valence-electron chi connectivity index (χ2n) is 11.6. The molecule has 0 spiro atoms. The summed E-state index contributed by atoms with van der Waals surface area (Å²) < 4.78 is 59.5. The number of carbonyl (C=O) groups is 2. The van der Waals surface area contributed by atoms with E-state index in [1.54, 1.807) is 13.0 Å². The molecule has 4 aliphatic carbocycles. The van der Waals surface area contributed by atoms with Crippen LogP contribution in [-0.2, 0) is 19.1 Å². The Kier molecular flexibility index (Phi) is 5.30. The third-order valence-corrected chi connectivity index (χ3v) is 10.1. The van der Waals surface area contributed by atoms with Crippen molar-refractivity contribution in [3.05, 3.63) is 59.4 Å². The molecule has 6 rings (SSSR count). The van der Waals surface area contributed by atoms with Gasteiger partial charge in [-0.2, -0.15) is 0 Å². The first-order valence-corrected chi connectivity index (χ1v) is 12.7. The Morgan fingerprint density at radius 2 is 2.00 bits per heavy atom. The number of hydrogen-bond acceptors (Lipinski definition) is 6. The standard InChI is InChI=1S/C28H30F3NO5/c1-25-7-6-16(33)9-19(25)20(30)10-18-17-11-23-28(22(35)13-32,26(17,2)12-21(34)27(18,25)31)37-24(36-23)14-4-3-5-15(29)8-14/h3-9,17-18,20-21,23-24,34H,10-13,32H2,1-2H3/t17-,18-,20-,21-,23+,24+,25-,26-,27-,28+/m0/s1. The van der Waals surface area contributed by atoms with E-state index in [1.807, 2.05) is 0 Å². The molecule has 3 saturated carbocycles. The van der Waals surface area contributed by atoms with Gasteiger partial charge in [-0.05, 0) is 62.0 Å². The van der Waals surface area contributed by atoms with Crippen molar-refractivity contribution < 1.29 is 37.3 Å². The van der Waals surface area contributed by atoms with Crippen molar-refractivity contribution >= 4 is 11.6 Å². The van der Waals surface area contributed by atoms with Gasteiger partial charge in [-0.1, -0.05) is 25.1 Å². The summed E-state index contributed by atoms with van der Waals surface area (Å²) in [4.78, 5) is 25.6. The summed E-state index contributed by atoms with van der Waals surface area (Å²) in [5.74, 6) is -2.93. The topological polar surface area (TPSA) is 98.9 Å². The van der Waals surface area contributed by atoms with Gasteiger partial charge in [0.1, 0.15) is 12.0 Å². The molecule has 1 aromatic carbocycles. The number of hydrogen-bond donors (Lipinski definition) is 2. The molecule has 1 saturated heterocycles. The lowest BCUT2D eigenvalue weighted by Crippen LogP contribution is -2.71. The van der Waals surface area contributed by atoms with Crippen LogP contribution in [0, 0.1) is 28.5 Å². The molecule has 0 aromatic heterocycles. The van der Waals surface area contributed by atoms with Crippen molar-refractivity contribution in [2.45, 2.75) is 69.0 Å². The average molecular weight is 518 g/mol. The SMILES string of the molecule is C[C@]12C=CC(=O)C=C1[C@@H](F)C[C@H]1[C@@H]3C[C@H]4O[C@@H](c5cccc(F)c5)O[C@@]4(C(=O)CN)[C@@]3(C)C[C@H](O)[C@@]12F. The zero-order valence-electron chi connectivity index (χ0n) is 20.6. The first-order chi connectivity index (χ1) is 17.4. The van der Waals surface area contributed by atoms with Gasteiger partial charge >= 0.3 is 0 Å². The lowest BCUT2D eigenvalue weighted by Gasteiger charge is -2.63. The summed E-state index contributed by atoms with van der Waals surface area (Å²) in [6, 6.07) is 5.67. The minimum absolute atomic E-state index is 0.0333. The van der Waals surface area contributed by atoms with E-state index in [4.69, 9.17) is 15.2 Å². The van der Waals surface area contributed by atoms with Crippen molar-refractivity contribution in [3.8, 4) is 0 Å². The van der Waals surface area contributed by atoms with E-state index < -0.39 is 76.0 Å². The molecule has 3 N–H and O–H groups in total. The molecule has 0 unspecified atom stereocenters. The summed E-state index contributed by atoms with van der Waals surface area (Å²) in [6.07, 6.45) is -1.56. The Bertz CT molecular complexity index is 1250. The molecule has 10 atom stereocenters. The van der Waals surface area contributed by atoms with Crippen LogP contribution in [0.4, 0.5) is 13.2 Å². The van der Waals surface area contributed by atoms with Crippen LogP contribution in [-0.4, -0.2) is 52.9 Å². The molecule has 4 fully saturated rings. The van der Waals surface area contributed by atoms with Gasteiger partial charge < -0.3 is 20.3 Å². The van der Waals surface area contributed by atoms with Crippen molar-refractivity contribution in [3.63, 3.8) is 0 Å². The maximum Gasteiger partial charge on any atom is 0.185 e. The largest absolute Gasteiger partial charge is 0.390 e. The van der Waals surface area contributed by atoms with Gasteiger partial charge in [-0.3, -0.25) is 9.59 Å². The number of rotatable bonds is 3. The fraction of sp³-hybridized carbons (Fsp3) is 0.571. The van der Waals surface area contributed by atoms with Crippen LogP contribution in [0.2, 0.25) is 0 Å². The van der Waals surface area contributed by atoms with Crippen molar-refractivity contribution in [1.82, 2.24) is 0 Å². The molecule has 1 heterocycles. The normalized spacial score (nSPS) is 48.1. The molecular weight excluding hydrogens is 487 g/mol. The number of aliphatic hydroxyl groups is 1. The number of ketones is 2. The third kappa shape index (κ3) is 2.91. The molecule has 0 radical (unpaired) electrons. The zero-order valence-corrected chi connectivity index (χ0v) is 20.6. The van der Waals surface area contributed by atoms with Gasteiger partial charge in [-0.25, -0.2) is 13.2 Å². The highest BCUT2D eigenvalue weighted by Crippen LogP contribution is 2.72.